The molecule has 86 valence electrons. The van der Waals surface area contributed by atoms with Gasteiger partial charge in [-0.15, -0.1) is 0 Å². The minimum absolute atomic E-state index is 0.0225. The minimum atomic E-state index is -0.672. The van der Waals surface area contributed by atoms with E-state index in [9.17, 15) is 14.9 Å². The van der Waals surface area contributed by atoms with Crippen molar-refractivity contribution in [2.75, 3.05) is 13.7 Å². The molecule has 7 heteroatoms. The number of esters is 1. The van der Waals surface area contributed by atoms with Crippen LogP contribution >= 0.6 is 0 Å². The smallest absolute Gasteiger partial charge is 0.339 e. The Bertz CT molecular complexity index is 418. The molecule has 0 N–H and O–H groups in total. The van der Waals surface area contributed by atoms with Crippen molar-refractivity contribution >= 4 is 11.7 Å². The van der Waals surface area contributed by atoms with E-state index in [2.05, 4.69) is 4.98 Å². The van der Waals surface area contributed by atoms with Gasteiger partial charge in [-0.3, -0.25) is 10.1 Å². The van der Waals surface area contributed by atoms with E-state index in [0.29, 0.717) is 0 Å². The maximum absolute atomic E-state index is 11.3. The molecule has 7 nitrogen and oxygen atoms in total. The molecule has 0 fully saturated rings. The van der Waals surface area contributed by atoms with Crippen molar-refractivity contribution in [3.05, 3.63) is 27.9 Å². The van der Waals surface area contributed by atoms with Gasteiger partial charge in [0, 0.05) is 12.3 Å². The highest BCUT2D eigenvalue weighted by molar-refractivity contribution is 5.90. The molecular formula is C9H10N2O5. The van der Waals surface area contributed by atoms with Crippen LogP contribution in [0, 0.1) is 10.1 Å². The van der Waals surface area contributed by atoms with Crippen molar-refractivity contribution in [3.63, 3.8) is 0 Å². The van der Waals surface area contributed by atoms with E-state index in [4.69, 9.17) is 9.47 Å². The van der Waals surface area contributed by atoms with Crippen molar-refractivity contribution in [3.8, 4) is 5.88 Å². The number of carbonyl (C=O) groups is 1. The molecule has 0 aromatic carbocycles. The van der Waals surface area contributed by atoms with Gasteiger partial charge in [-0.1, -0.05) is 0 Å². The SMILES string of the molecule is CCOC(=O)c1cnc(OC)c([N+](=O)[O-])c1. The molecule has 1 rings (SSSR count). The summed E-state index contributed by atoms with van der Waals surface area (Å²) in [4.78, 5) is 24.9. The zero-order chi connectivity index (χ0) is 12.1. The zero-order valence-electron chi connectivity index (χ0n) is 8.80. The fraction of sp³-hybridized carbons (Fsp3) is 0.333. The second-order valence-electron chi connectivity index (χ2n) is 2.73. The first-order valence-corrected chi connectivity index (χ1v) is 4.45. The molecule has 1 aromatic heterocycles. The van der Waals surface area contributed by atoms with Gasteiger partial charge in [-0.25, -0.2) is 9.78 Å². The van der Waals surface area contributed by atoms with Crippen LogP contribution in [0.2, 0.25) is 0 Å². The van der Waals surface area contributed by atoms with Crippen LogP contribution in [-0.4, -0.2) is 29.6 Å². The fourth-order valence-corrected chi connectivity index (χ4v) is 1.05. The largest absolute Gasteiger partial charge is 0.476 e. The Kier molecular flexibility index (Phi) is 3.76. The summed E-state index contributed by atoms with van der Waals surface area (Å²) >= 11 is 0. The maximum Gasteiger partial charge on any atom is 0.339 e. The topological polar surface area (TPSA) is 91.6 Å². The molecule has 0 aliphatic heterocycles. The number of nitrogens with zero attached hydrogens (tertiary/aromatic N) is 2. The van der Waals surface area contributed by atoms with Crippen LogP contribution in [0.3, 0.4) is 0 Å². The van der Waals surface area contributed by atoms with E-state index in [1.165, 1.54) is 13.3 Å². The van der Waals surface area contributed by atoms with Crippen LogP contribution in [0.5, 0.6) is 5.88 Å². The summed E-state index contributed by atoms with van der Waals surface area (Å²) in [5.74, 6) is -0.793. The van der Waals surface area contributed by atoms with E-state index in [1.54, 1.807) is 6.92 Å². The number of pyridine rings is 1. The lowest BCUT2D eigenvalue weighted by molar-refractivity contribution is -0.386. The van der Waals surface area contributed by atoms with Gasteiger partial charge in [0.2, 0.25) is 0 Å². The summed E-state index contributed by atoms with van der Waals surface area (Å²) in [6.07, 6.45) is 1.17. The van der Waals surface area contributed by atoms with Crippen LogP contribution in [0.15, 0.2) is 12.3 Å². The number of methoxy groups -OCH3 is 1. The second-order valence-corrected chi connectivity index (χ2v) is 2.73. The molecule has 1 aromatic rings. The van der Waals surface area contributed by atoms with Crippen LogP contribution in [0.4, 0.5) is 5.69 Å². The van der Waals surface area contributed by atoms with E-state index in [0.717, 1.165) is 6.07 Å². The van der Waals surface area contributed by atoms with Gasteiger partial charge in [0.05, 0.1) is 24.2 Å². The summed E-state index contributed by atoms with van der Waals surface area (Å²) in [6, 6.07) is 1.07. The minimum Gasteiger partial charge on any atom is -0.476 e. The Hall–Kier alpha value is -2.18. The highest BCUT2D eigenvalue weighted by atomic mass is 16.6. The highest BCUT2D eigenvalue weighted by Gasteiger charge is 2.20. The average molecular weight is 226 g/mol. The predicted octanol–water partition coefficient (Wildman–Crippen LogP) is 1.18. The van der Waals surface area contributed by atoms with Gasteiger partial charge in [0.15, 0.2) is 0 Å². The van der Waals surface area contributed by atoms with Crippen LogP contribution in [0.1, 0.15) is 17.3 Å². The van der Waals surface area contributed by atoms with Crippen molar-refractivity contribution in [2.24, 2.45) is 0 Å². The Morgan fingerprint density at radius 1 is 1.62 bits per heavy atom. The number of aromatic nitrogens is 1. The van der Waals surface area contributed by atoms with Gasteiger partial charge in [-0.05, 0) is 6.92 Å². The lowest BCUT2D eigenvalue weighted by atomic mass is 10.2. The second kappa shape index (κ2) is 5.06. The number of nitro groups is 1. The molecule has 0 saturated carbocycles. The van der Waals surface area contributed by atoms with E-state index in [1.807, 2.05) is 0 Å². The summed E-state index contributed by atoms with van der Waals surface area (Å²) in [5.41, 5.74) is -0.345. The monoisotopic (exact) mass is 226 g/mol. The molecule has 0 radical (unpaired) electrons. The van der Waals surface area contributed by atoms with Gasteiger partial charge in [0.25, 0.3) is 5.88 Å². The lowest BCUT2D eigenvalue weighted by Gasteiger charge is -2.03. The Morgan fingerprint density at radius 3 is 2.81 bits per heavy atom. The molecule has 16 heavy (non-hydrogen) atoms. The number of hydrogen-bond acceptors (Lipinski definition) is 6. The van der Waals surface area contributed by atoms with Crippen molar-refractivity contribution < 1.29 is 19.2 Å². The Morgan fingerprint density at radius 2 is 2.31 bits per heavy atom. The number of ether oxygens (including phenoxy) is 2. The maximum atomic E-state index is 11.3. The average Bonchev–Trinajstić information content (AvgIpc) is 2.28. The van der Waals surface area contributed by atoms with E-state index in [-0.39, 0.29) is 23.7 Å². The molecule has 0 aliphatic carbocycles. The quantitative estimate of drug-likeness (QED) is 0.434. The zero-order valence-corrected chi connectivity index (χ0v) is 8.80. The third-order valence-electron chi connectivity index (χ3n) is 1.73. The first kappa shape index (κ1) is 11.9. The first-order chi connectivity index (χ1) is 7.60. The highest BCUT2D eigenvalue weighted by Crippen LogP contribution is 2.24. The van der Waals surface area contributed by atoms with Gasteiger partial charge in [0.1, 0.15) is 0 Å². The summed E-state index contributed by atoms with van der Waals surface area (Å²) in [5, 5.41) is 10.6. The molecule has 0 unspecified atom stereocenters. The van der Waals surface area contributed by atoms with Crippen molar-refractivity contribution in [1.82, 2.24) is 4.98 Å². The normalized spacial score (nSPS) is 9.62. The summed E-state index contributed by atoms with van der Waals surface area (Å²) in [7, 11) is 1.26. The third kappa shape index (κ3) is 2.44. The lowest BCUT2D eigenvalue weighted by Crippen LogP contribution is -2.06. The van der Waals surface area contributed by atoms with Crippen molar-refractivity contribution in [2.45, 2.75) is 6.92 Å². The number of carbonyl (C=O) groups excluding carboxylic acids is 1. The van der Waals surface area contributed by atoms with E-state index < -0.39 is 10.9 Å². The van der Waals surface area contributed by atoms with Crippen molar-refractivity contribution in [1.29, 1.82) is 0 Å². The number of hydrogen-bond donors (Lipinski definition) is 0. The molecular weight excluding hydrogens is 216 g/mol. The third-order valence-corrected chi connectivity index (χ3v) is 1.73. The van der Waals surface area contributed by atoms with Gasteiger partial charge < -0.3 is 9.47 Å². The molecule has 0 bridgehead atoms. The molecule has 0 atom stereocenters. The van der Waals surface area contributed by atoms with E-state index >= 15 is 0 Å². The molecule has 0 spiro atoms. The molecule has 1 heterocycles. The Labute approximate surface area is 91.2 Å². The summed E-state index contributed by atoms with van der Waals surface area (Å²) in [6.45, 7) is 1.84. The summed E-state index contributed by atoms with van der Waals surface area (Å²) < 4.78 is 9.39. The first-order valence-electron chi connectivity index (χ1n) is 4.45. The standard InChI is InChI=1S/C9H10N2O5/c1-3-16-9(12)6-4-7(11(13)14)8(15-2)10-5-6/h4-5H,3H2,1-2H3. The van der Waals surface area contributed by atoms with Crippen LogP contribution in [0.25, 0.3) is 0 Å². The fourth-order valence-electron chi connectivity index (χ4n) is 1.05. The van der Waals surface area contributed by atoms with Crippen LogP contribution < -0.4 is 4.74 Å². The molecule has 0 amide bonds. The predicted molar refractivity (Wildman–Crippen MR) is 53.4 cm³/mol. The van der Waals surface area contributed by atoms with Gasteiger partial charge >= 0.3 is 11.7 Å². The van der Waals surface area contributed by atoms with Crippen LogP contribution in [-0.2, 0) is 4.74 Å². The van der Waals surface area contributed by atoms with Gasteiger partial charge in [-0.2, -0.15) is 0 Å². The molecule has 0 saturated heterocycles. The molecule has 0 aliphatic rings. The number of rotatable bonds is 4. The Balaban J connectivity index is 3.11.